The first-order valence-corrected chi connectivity index (χ1v) is 6.44. The molecule has 0 aliphatic rings. The first kappa shape index (κ1) is 13.3. The van der Waals surface area contributed by atoms with Crippen molar-refractivity contribution < 1.29 is 0 Å². The lowest BCUT2D eigenvalue weighted by atomic mass is 9.63. The van der Waals surface area contributed by atoms with Gasteiger partial charge in [0, 0.05) is 12.7 Å². The number of unbranched alkanes of at least 4 members (excludes halogenated alkanes) is 2. The van der Waals surface area contributed by atoms with E-state index >= 15 is 0 Å². The lowest BCUT2D eigenvalue weighted by molar-refractivity contribution is 0.537. The molecule has 0 aliphatic carbocycles. The third-order valence-corrected chi connectivity index (χ3v) is 2.68. The van der Waals surface area contributed by atoms with Crippen molar-refractivity contribution in [3.05, 3.63) is 11.9 Å². The molecule has 0 aliphatic heterocycles. The van der Waals surface area contributed by atoms with E-state index < -0.39 is 0 Å². The third kappa shape index (κ3) is 5.33. The Morgan fingerprint density at radius 1 is 1.31 bits per heavy atom. The van der Waals surface area contributed by atoms with Crippen LogP contribution in [-0.4, -0.2) is 22.3 Å². The standard InChI is InChI=1S/C12H23BN3/c1-4-12-10-16(15-14-12)9-7-5-6-8-13-11(2)3/h10-11H,4-9H2,1-3H3. The van der Waals surface area contributed by atoms with Gasteiger partial charge in [0.15, 0.2) is 0 Å². The summed E-state index contributed by atoms with van der Waals surface area (Å²) in [7, 11) is 2.39. The second kappa shape index (κ2) is 7.47. The summed E-state index contributed by atoms with van der Waals surface area (Å²) >= 11 is 0. The van der Waals surface area contributed by atoms with Gasteiger partial charge in [-0.3, -0.25) is 4.68 Å². The molecule has 0 fully saturated rings. The minimum Gasteiger partial charge on any atom is -0.252 e. The predicted octanol–water partition coefficient (Wildman–Crippen LogP) is 2.96. The second-order valence-electron chi connectivity index (χ2n) is 4.66. The van der Waals surface area contributed by atoms with Gasteiger partial charge in [0.25, 0.3) is 0 Å². The van der Waals surface area contributed by atoms with Crippen LogP contribution in [0.4, 0.5) is 0 Å². The topological polar surface area (TPSA) is 30.7 Å². The van der Waals surface area contributed by atoms with E-state index in [1.807, 2.05) is 4.68 Å². The first-order valence-electron chi connectivity index (χ1n) is 6.44. The Morgan fingerprint density at radius 3 is 2.75 bits per heavy atom. The van der Waals surface area contributed by atoms with Crippen LogP contribution >= 0.6 is 0 Å². The molecule has 1 aromatic rings. The predicted molar refractivity (Wildman–Crippen MR) is 68.9 cm³/mol. The Balaban J connectivity index is 2.02. The highest BCUT2D eigenvalue weighted by Crippen LogP contribution is 2.07. The van der Waals surface area contributed by atoms with Crippen LogP contribution in [0.15, 0.2) is 6.20 Å². The van der Waals surface area contributed by atoms with Crippen LogP contribution < -0.4 is 0 Å². The minimum absolute atomic E-state index is 0.724. The highest BCUT2D eigenvalue weighted by molar-refractivity contribution is 6.37. The molecule has 0 saturated heterocycles. The molecule has 0 atom stereocenters. The number of nitrogens with zero attached hydrogens (tertiary/aromatic N) is 3. The van der Waals surface area contributed by atoms with Crippen molar-refractivity contribution in [3.8, 4) is 0 Å². The zero-order valence-corrected chi connectivity index (χ0v) is 10.8. The van der Waals surface area contributed by atoms with E-state index in [1.165, 1.54) is 25.6 Å². The summed E-state index contributed by atoms with van der Waals surface area (Å²) in [6.07, 6.45) is 8.06. The third-order valence-electron chi connectivity index (χ3n) is 2.68. The second-order valence-corrected chi connectivity index (χ2v) is 4.66. The molecule has 1 heterocycles. The maximum Gasteiger partial charge on any atom is 0.112 e. The van der Waals surface area contributed by atoms with Gasteiger partial charge in [-0.1, -0.05) is 51.0 Å². The zero-order valence-electron chi connectivity index (χ0n) is 10.8. The Bertz CT molecular complexity index is 284. The van der Waals surface area contributed by atoms with Crippen molar-refractivity contribution in [3.63, 3.8) is 0 Å². The molecule has 16 heavy (non-hydrogen) atoms. The SMILES string of the molecule is CCc1cn(CCCCC[B]C(C)C)nn1. The number of aryl methyl sites for hydroxylation is 2. The lowest BCUT2D eigenvalue weighted by Crippen LogP contribution is -1.99. The molecule has 89 valence electrons. The van der Waals surface area contributed by atoms with Crippen LogP contribution in [0.1, 0.15) is 45.7 Å². The maximum atomic E-state index is 4.09. The first-order chi connectivity index (χ1) is 7.72. The molecule has 1 aromatic heterocycles. The fourth-order valence-corrected chi connectivity index (χ4v) is 1.66. The molecular formula is C12H23BN3. The van der Waals surface area contributed by atoms with Gasteiger partial charge in [0.05, 0.1) is 5.69 Å². The van der Waals surface area contributed by atoms with Gasteiger partial charge in [-0.25, -0.2) is 0 Å². The molecule has 4 heteroatoms. The van der Waals surface area contributed by atoms with E-state index in [0.717, 1.165) is 24.5 Å². The Hall–Kier alpha value is -0.795. The van der Waals surface area contributed by atoms with Crippen LogP contribution in [0.25, 0.3) is 0 Å². The van der Waals surface area contributed by atoms with Gasteiger partial charge in [-0.15, -0.1) is 5.10 Å². The molecule has 3 nitrogen and oxygen atoms in total. The largest absolute Gasteiger partial charge is 0.252 e. The number of hydrogen-bond acceptors (Lipinski definition) is 2. The normalized spacial score (nSPS) is 11.0. The van der Waals surface area contributed by atoms with Crippen molar-refractivity contribution in [2.75, 3.05) is 0 Å². The Labute approximate surface area is 99.9 Å². The molecule has 0 saturated carbocycles. The van der Waals surface area contributed by atoms with Crippen molar-refractivity contribution in [1.82, 2.24) is 15.0 Å². The number of aromatic nitrogens is 3. The van der Waals surface area contributed by atoms with E-state index in [0.29, 0.717) is 0 Å². The van der Waals surface area contributed by atoms with Gasteiger partial charge in [0.2, 0.25) is 0 Å². The monoisotopic (exact) mass is 220 g/mol. The fraction of sp³-hybridized carbons (Fsp3) is 0.833. The molecule has 1 radical (unpaired) electrons. The number of hydrogen-bond donors (Lipinski definition) is 0. The summed E-state index contributed by atoms with van der Waals surface area (Å²) in [5.41, 5.74) is 1.09. The van der Waals surface area contributed by atoms with Crippen LogP contribution in [0, 0.1) is 0 Å². The van der Waals surface area contributed by atoms with E-state index in [4.69, 9.17) is 0 Å². The summed E-state index contributed by atoms with van der Waals surface area (Å²) in [5, 5.41) is 8.17. The lowest BCUT2D eigenvalue weighted by Gasteiger charge is -2.02. The van der Waals surface area contributed by atoms with Crippen molar-refractivity contribution in [2.45, 2.75) is 65.1 Å². The number of rotatable bonds is 8. The Kier molecular flexibility index (Phi) is 6.20. The van der Waals surface area contributed by atoms with Gasteiger partial charge < -0.3 is 0 Å². The summed E-state index contributed by atoms with van der Waals surface area (Å²) in [6, 6.07) is 0. The summed E-state index contributed by atoms with van der Waals surface area (Å²) in [6.45, 7) is 7.59. The van der Waals surface area contributed by atoms with E-state index in [1.54, 1.807) is 0 Å². The average Bonchev–Trinajstić information content (AvgIpc) is 2.70. The summed E-state index contributed by atoms with van der Waals surface area (Å²) < 4.78 is 1.96. The van der Waals surface area contributed by atoms with Crippen molar-refractivity contribution in [1.29, 1.82) is 0 Å². The molecular weight excluding hydrogens is 197 g/mol. The molecule has 0 unspecified atom stereocenters. The summed E-state index contributed by atoms with van der Waals surface area (Å²) in [4.78, 5) is 0. The molecule has 0 spiro atoms. The van der Waals surface area contributed by atoms with Crippen LogP contribution in [0.5, 0.6) is 0 Å². The van der Waals surface area contributed by atoms with Gasteiger partial charge in [-0.2, -0.15) is 0 Å². The molecule has 0 N–H and O–H groups in total. The van der Waals surface area contributed by atoms with Gasteiger partial charge >= 0.3 is 0 Å². The van der Waals surface area contributed by atoms with Gasteiger partial charge in [-0.05, 0) is 12.8 Å². The molecule has 0 amide bonds. The van der Waals surface area contributed by atoms with E-state index in [9.17, 15) is 0 Å². The van der Waals surface area contributed by atoms with Gasteiger partial charge in [0.1, 0.15) is 7.28 Å². The highest BCUT2D eigenvalue weighted by Gasteiger charge is 1.99. The highest BCUT2D eigenvalue weighted by atomic mass is 15.4. The quantitative estimate of drug-likeness (QED) is 0.498. The summed E-state index contributed by atoms with van der Waals surface area (Å²) in [5.74, 6) is 0.724. The maximum absolute atomic E-state index is 4.09. The smallest absolute Gasteiger partial charge is 0.112 e. The average molecular weight is 220 g/mol. The van der Waals surface area contributed by atoms with E-state index in [-0.39, 0.29) is 0 Å². The molecule has 1 rings (SSSR count). The fourth-order valence-electron chi connectivity index (χ4n) is 1.66. The zero-order chi connectivity index (χ0) is 11.8. The van der Waals surface area contributed by atoms with Crippen LogP contribution in [0.3, 0.4) is 0 Å². The van der Waals surface area contributed by atoms with Crippen LogP contribution in [0.2, 0.25) is 12.1 Å². The van der Waals surface area contributed by atoms with E-state index in [2.05, 4.69) is 44.6 Å². The van der Waals surface area contributed by atoms with Crippen molar-refractivity contribution >= 4 is 7.28 Å². The van der Waals surface area contributed by atoms with Crippen LogP contribution in [-0.2, 0) is 13.0 Å². The molecule has 0 aromatic carbocycles. The minimum atomic E-state index is 0.724. The van der Waals surface area contributed by atoms with Crippen molar-refractivity contribution in [2.24, 2.45) is 0 Å². The Morgan fingerprint density at radius 2 is 2.12 bits per heavy atom. The molecule has 0 bridgehead atoms.